The molecule has 21 heavy (non-hydrogen) atoms. The monoisotopic (exact) mass is 312 g/mol. The van der Waals surface area contributed by atoms with E-state index in [0.717, 1.165) is 25.9 Å². The van der Waals surface area contributed by atoms with Crippen LogP contribution in [0.15, 0.2) is 0 Å². The van der Waals surface area contributed by atoms with Crippen molar-refractivity contribution >= 4 is 33.9 Å². The highest BCUT2D eigenvalue weighted by molar-refractivity contribution is 7.19. The molecule has 0 spiro atoms. The summed E-state index contributed by atoms with van der Waals surface area (Å²) in [6, 6.07) is 0.179. The Morgan fingerprint density at radius 2 is 2.00 bits per heavy atom. The molecule has 1 aliphatic heterocycles. The van der Waals surface area contributed by atoms with Crippen molar-refractivity contribution in [2.75, 3.05) is 37.9 Å². The Hall–Kier alpha value is -1.80. The van der Waals surface area contributed by atoms with Gasteiger partial charge in [-0.3, -0.25) is 4.79 Å². The Morgan fingerprint density at radius 1 is 1.38 bits per heavy atom. The number of hydrogen-bond donors (Lipinski definition) is 3. The molecule has 1 aliphatic rings. The van der Waals surface area contributed by atoms with Crippen molar-refractivity contribution in [3.8, 4) is 0 Å². The molecule has 0 aliphatic carbocycles. The first kappa shape index (κ1) is 15.6. The summed E-state index contributed by atoms with van der Waals surface area (Å²) < 4.78 is 4.80. The van der Waals surface area contributed by atoms with Crippen LogP contribution in [0.5, 0.6) is 0 Å². The second-order valence-corrected chi connectivity index (χ2v) is 5.92. The fourth-order valence-corrected chi connectivity index (χ4v) is 3.55. The Balaban J connectivity index is 2.43. The summed E-state index contributed by atoms with van der Waals surface area (Å²) in [5.41, 5.74) is 12.3. The summed E-state index contributed by atoms with van der Waals surface area (Å²) in [6.45, 7) is 1.47. The molecule has 1 saturated heterocycles. The lowest BCUT2D eigenvalue weighted by Gasteiger charge is -2.31. The number of ether oxygens (including phenoxy) is 1. The number of methoxy groups -OCH3 is 1. The standard InChI is InChI=1S/C13H20N4O3S/c1-16-11(18)10-9(15)8(13(19)20-2)12(21-10)17-5-3-7(14)4-6-17/h7H,3-6,14-15H2,1-2H3,(H,16,18). The van der Waals surface area contributed by atoms with E-state index in [9.17, 15) is 9.59 Å². The Labute approximate surface area is 127 Å². The van der Waals surface area contributed by atoms with Crippen LogP contribution in [0.25, 0.3) is 0 Å². The molecule has 1 fully saturated rings. The number of nitrogens with one attached hydrogen (secondary N) is 1. The van der Waals surface area contributed by atoms with Gasteiger partial charge in [-0.05, 0) is 12.8 Å². The molecule has 1 aromatic heterocycles. The molecule has 116 valence electrons. The van der Waals surface area contributed by atoms with Gasteiger partial charge in [0.15, 0.2) is 0 Å². The highest BCUT2D eigenvalue weighted by Gasteiger charge is 2.30. The van der Waals surface area contributed by atoms with Gasteiger partial charge in [-0.1, -0.05) is 0 Å². The predicted octanol–water partition coefficient (Wildman–Crippen LogP) is 0.404. The highest BCUT2D eigenvalue weighted by Crippen LogP contribution is 2.39. The van der Waals surface area contributed by atoms with Crippen molar-refractivity contribution in [1.29, 1.82) is 0 Å². The summed E-state index contributed by atoms with van der Waals surface area (Å²) >= 11 is 1.22. The molecule has 8 heteroatoms. The number of thiophene rings is 1. The molecule has 5 N–H and O–H groups in total. The zero-order chi connectivity index (χ0) is 15.6. The Kier molecular flexibility index (Phi) is 4.69. The van der Waals surface area contributed by atoms with Gasteiger partial charge in [-0.2, -0.15) is 0 Å². The lowest BCUT2D eigenvalue weighted by molar-refractivity contribution is 0.0603. The lowest BCUT2D eigenvalue weighted by atomic mass is 10.1. The molecule has 0 aromatic carbocycles. The van der Waals surface area contributed by atoms with Gasteiger partial charge in [0.2, 0.25) is 0 Å². The Morgan fingerprint density at radius 3 is 2.52 bits per heavy atom. The van der Waals surface area contributed by atoms with Crippen LogP contribution < -0.4 is 21.7 Å². The number of rotatable bonds is 3. The van der Waals surface area contributed by atoms with Crippen LogP contribution in [0.1, 0.15) is 32.9 Å². The first-order valence-corrected chi connectivity index (χ1v) is 7.54. The van der Waals surface area contributed by atoms with Crippen LogP contribution in [0.3, 0.4) is 0 Å². The number of carbonyl (C=O) groups excluding carboxylic acids is 2. The molecule has 2 heterocycles. The molecule has 1 amide bonds. The number of carbonyl (C=O) groups is 2. The van der Waals surface area contributed by atoms with Crippen molar-refractivity contribution in [1.82, 2.24) is 5.32 Å². The van der Waals surface area contributed by atoms with E-state index in [2.05, 4.69) is 5.32 Å². The van der Waals surface area contributed by atoms with E-state index < -0.39 is 5.97 Å². The van der Waals surface area contributed by atoms with Crippen LogP contribution in [-0.4, -0.2) is 45.2 Å². The van der Waals surface area contributed by atoms with E-state index in [1.807, 2.05) is 4.90 Å². The summed E-state index contributed by atoms with van der Waals surface area (Å²) in [4.78, 5) is 26.3. The van der Waals surface area contributed by atoms with Gasteiger partial charge in [-0.25, -0.2) is 4.79 Å². The smallest absolute Gasteiger partial charge is 0.343 e. The van der Waals surface area contributed by atoms with Crippen LogP contribution in [-0.2, 0) is 4.74 Å². The van der Waals surface area contributed by atoms with Crippen molar-refractivity contribution in [3.05, 3.63) is 10.4 Å². The summed E-state index contributed by atoms with van der Waals surface area (Å²) in [5, 5.41) is 3.22. The van der Waals surface area contributed by atoms with Crippen molar-refractivity contribution in [2.45, 2.75) is 18.9 Å². The third kappa shape index (κ3) is 2.96. The fraction of sp³-hybridized carbons (Fsp3) is 0.538. The average Bonchev–Trinajstić information content (AvgIpc) is 2.84. The van der Waals surface area contributed by atoms with E-state index in [1.54, 1.807) is 0 Å². The minimum atomic E-state index is -0.524. The van der Waals surface area contributed by atoms with Crippen LogP contribution in [0.2, 0.25) is 0 Å². The van der Waals surface area contributed by atoms with E-state index in [4.69, 9.17) is 16.2 Å². The molecule has 0 saturated carbocycles. The van der Waals surface area contributed by atoms with E-state index in [-0.39, 0.29) is 23.2 Å². The highest BCUT2D eigenvalue weighted by atomic mass is 32.1. The summed E-state index contributed by atoms with van der Waals surface area (Å²) in [5.74, 6) is -0.827. The summed E-state index contributed by atoms with van der Waals surface area (Å²) in [7, 11) is 2.83. The quantitative estimate of drug-likeness (QED) is 0.697. The van der Waals surface area contributed by atoms with Gasteiger partial charge >= 0.3 is 5.97 Å². The molecule has 7 nitrogen and oxygen atoms in total. The maximum atomic E-state index is 12.0. The number of nitrogens with zero attached hydrogens (tertiary/aromatic N) is 1. The third-order valence-corrected chi connectivity index (χ3v) is 4.84. The lowest BCUT2D eigenvalue weighted by Crippen LogP contribution is -2.39. The summed E-state index contributed by atoms with van der Waals surface area (Å²) in [6.07, 6.45) is 1.68. The van der Waals surface area contributed by atoms with Gasteiger partial charge in [0.1, 0.15) is 15.4 Å². The normalized spacial score (nSPS) is 15.9. The fourth-order valence-electron chi connectivity index (χ4n) is 2.34. The van der Waals surface area contributed by atoms with Crippen molar-refractivity contribution < 1.29 is 14.3 Å². The van der Waals surface area contributed by atoms with Crippen molar-refractivity contribution in [3.63, 3.8) is 0 Å². The van der Waals surface area contributed by atoms with Gasteiger partial charge in [-0.15, -0.1) is 11.3 Å². The number of nitrogens with two attached hydrogens (primary N) is 2. The topological polar surface area (TPSA) is 111 Å². The predicted molar refractivity (Wildman–Crippen MR) is 82.9 cm³/mol. The van der Waals surface area contributed by atoms with E-state index in [1.165, 1.54) is 25.5 Å². The average molecular weight is 312 g/mol. The van der Waals surface area contributed by atoms with Gasteiger partial charge < -0.3 is 26.4 Å². The molecule has 2 rings (SSSR count). The molecular weight excluding hydrogens is 292 g/mol. The van der Waals surface area contributed by atoms with Gasteiger partial charge in [0, 0.05) is 26.2 Å². The number of amides is 1. The van der Waals surface area contributed by atoms with Crippen LogP contribution in [0, 0.1) is 0 Å². The number of piperidine rings is 1. The zero-order valence-corrected chi connectivity index (χ0v) is 13.0. The minimum Gasteiger partial charge on any atom is -0.465 e. The molecular formula is C13H20N4O3S. The number of hydrogen-bond acceptors (Lipinski definition) is 7. The van der Waals surface area contributed by atoms with Crippen molar-refractivity contribution in [2.24, 2.45) is 5.73 Å². The molecule has 0 atom stereocenters. The third-order valence-electron chi connectivity index (χ3n) is 3.58. The second kappa shape index (κ2) is 6.31. The van der Waals surface area contributed by atoms with Gasteiger partial charge in [0.05, 0.1) is 12.8 Å². The molecule has 0 radical (unpaired) electrons. The first-order valence-electron chi connectivity index (χ1n) is 6.72. The molecule has 1 aromatic rings. The maximum Gasteiger partial charge on any atom is 0.343 e. The molecule has 0 unspecified atom stereocenters. The minimum absolute atomic E-state index is 0.177. The van der Waals surface area contributed by atoms with Crippen LogP contribution in [0.4, 0.5) is 10.7 Å². The van der Waals surface area contributed by atoms with Gasteiger partial charge in [0.25, 0.3) is 5.91 Å². The molecule has 0 bridgehead atoms. The number of anilines is 2. The Bertz CT molecular complexity index is 550. The number of nitrogen functional groups attached to an aromatic ring is 1. The van der Waals surface area contributed by atoms with E-state index in [0.29, 0.717) is 9.88 Å². The number of esters is 1. The maximum absolute atomic E-state index is 12.0. The SMILES string of the molecule is CNC(=O)c1sc(N2CCC(N)CC2)c(C(=O)OC)c1N. The largest absolute Gasteiger partial charge is 0.465 e. The first-order chi connectivity index (χ1) is 9.99. The zero-order valence-electron chi connectivity index (χ0n) is 12.1. The second-order valence-electron chi connectivity index (χ2n) is 4.92. The van der Waals surface area contributed by atoms with Crippen LogP contribution >= 0.6 is 11.3 Å². The van der Waals surface area contributed by atoms with E-state index >= 15 is 0 Å².